The molecule has 0 aliphatic heterocycles. The molecule has 1 heterocycles. The van der Waals surface area contributed by atoms with Gasteiger partial charge in [-0.1, -0.05) is 18.2 Å². The van der Waals surface area contributed by atoms with Gasteiger partial charge in [-0.05, 0) is 12.1 Å². The van der Waals surface area contributed by atoms with Gasteiger partial charge in [0.2, 0.25) is 0 Å². The molecule has 0 fully saturated rings. The first-order valence-electron chi connectivity index (χ1n) is 5.20. The summed E-state index contributed by atoms with van der Waals surface area (Å²) in [5.74, 6) is -0.538. The molecule has 0 radical (unpaired) electrons. The van der Waals surface area contributed by atoms with Crippen molar-refractivity contribution in [1.29, 1.82) is 10.5 Å². The van der Waals surface area contributed by atoms with Crippen molar-refractivity contribution in [3.8, 4) is 12.1 Å². The van der Waals surface area contributed by atoms with E-state index < -0.39 is 5.82 Å². The average Bonchev–Trinajstić information content (AvgIpc) is 2.79. The van der Waals surface area contributed by atoms with Gasteiger partial charge in [0, 0.05) is 15.5 Å². The lowest BCUT2D eigenvalue weighted by Crippen LogP contribution is -1.87. The van der Waals surface area contributed by atoms with Crippen LogP contribution in [0.4, 0.5) is 4.39 Å². The van der Waals surface area contributed by atoms with Crippen LogP contribution < -0.4 is 0 Å². The van der Waals surface area contributed by atoms with Crippen LogP contribution >= 0.6 is 11.3 Å². The largest absolute Gasteiger partial charge is 0.205 e. The molecule has 18 heavy (non-hydrogen) atoms. The van der Waals surface area contributed by atoms with E-state index in [2.05, 4.69) is 0 Å². The fourth-order valence-electron chi connectivity index (χ4n) is 2.03. The van der Waals surface area contributed by atoms with Crippen LogP contribution in [-0.4, -0.2) is 0 Å². The molecule has 0 saturated heterocycles. The van der Waals surface area contributed by atoms with Gasteiger partial charge in [0.1, 0.15) is 18.0 Å². The zero-order valence-corrected chi connectivity index (χ0v) is 9.88. The van der Waals surface area contributed by atoms with Gasteiger partial charge in [-0.2, -0.15) is 10.5 Å². The fraction of sp³-hybridized carbons (Fsp3) is 0. The fourth-order valence-corrected chi connectivity index (χ4v) is 3.19. The Balaban J connectivity index is 2.65. The highest BCUT2D eigenvalue weighted by molar-refractivity contribution is 7.26. The Morgan fingerprint density at radius 1 is 1.06 bits per heavy atom. The van der Waals surface area contributed by atoms with Gasteiger partial charge in [-0.3, -0.25) is 0 Å². The molecule has 0 unspecified atom stereocenters. The molecule has 0 aliphatic rings. The van der Waals surface area contributed by atoms with Crippen molar-refractivity contribution in [1.82, 2.24) is 0 Å². The maximum Gasteiger partial charge on any atom is 0.150 e. The monoisotopic (exact) mass is 252 g/mol. The van der Waals surface area contributed by atoms with Crippen molar-refractivity contribution < 1.29 is 4.39 Å². The Kier molecular flexibility index (Phi) is 2.26. The molecule has 0 amide bonds. The molecule has 0 atom stereocenters. The summed E-state index contributed by atoms with van der Waals surface area (Å²) in [5.41, 5.74) is 0.270. The van der Waals surface area contributed by atoms with E-state index in [9.17, 15) is 4.39 Å². The molecule has 2 aromatic carbocycles. The molecule has 84 valence electrons. The number of hydrogen-bond acceptors (Lipinski definition) is 3. The molecule has 4 heteroatoms. The smallest absolute Gasteiger partial charge is 0.150 e. The van der Waals surface area contributed by atoms with Crippen LogP contribution in [0.1, 0.15) is 11.1 Å². The lowest BCUT2D eigenvalue weighted by Gasteiger charge is -1.98. The molecule has 1 aromatic heterocycles. The summed E-state index contributed by atoms with van der Waals surface area (Å²) < 4.78 is 15.7. The minimum atomic E-state index is -0.538. The molecule has 0 aliphatic carbocycles. The maximum atomic E-state index is 14.2. The SMILES string of the molecule is N#Cc1cc(C#N)c2sc3ccccc3c2c1F. The van der Waals surface area contributed by atoms with Gasteiger partial charge in [0.15, 0.2) is 0 Å². The van der Waals surface area contributed by atoms with Crippen LogP contribution in [0.25, 0.3) is 20.2 Å². The lowest BCUT2D eigenvalue weighted by atomic mass is 10.1. The minimum absolute atomic E-state index is 0.0809. The standard InChI is InChI=1S/C14H5FN2S/c15-13-8(6-16)5-9(7-17)14-12(13)10-3-1-2-4-11(10)18-14/h1-5H. The van der Waals surface area contributed by atoms with Gasteiger partial charge in [-0.25, -0.2) is 4.39 Å². The summed E-state index contributed by atoms with van der Waals surface area (Å²) >= 11 is 1.37. The van der Waals surface area contributed by atoms with Crippen LogP contribution in [0.3, 0.4) is 0 Å². The Morgan fingerprint density at radius 2 is 1.78 bits per heavy atom. The van der Waals surface area contributed by atoms with Gasteiger partial charge in [-0.15, -0.1) is 11.3 Å². The summed E-state index contributed by atoms with van der Waals surface area (Å²) in [6.45, 7) is 0. The van der Waals surface area contributed by atoms with Crippen molar-refractivity contribution in [2.75, 3.05) is 0 Å². The molecule has 3 aromatic rings. The van der Waals surface area contributed by atoms with E-state index in [1.807, 2.05) is 24.3 Å². The first-order chi connectivity index (χ1) is 8.76. The molecular weight excluding hydrogens is 247 g/mol. The predicted octanol–water partition coefficient (Wildman–Crippen LogP) is 3.94. The molecule has 0 saturated carbocycles. The van der Waals surface area contributed by atoms with E-state index >= 15 is 0 Å². The highest BCUT2D eigenvalue weighted by Crippen LogP contribution is 2.38. The number of benzene rings is 2. The van der Waals surface area contributed by atoms with Crippen molar-refractivity contribution in [2.45, 2.75) is 0 Å². The summed E-state index contributed by atoms with van der Waals surface area (Å²) in [6.07, 6.45) is 0. The summed E-state index contributed by atoms with van der Waals surface area (Å²) in [4.78, 5) is 0. The van der Waals surface area contributed by atoms with Gasteiger partial charge in [0.05, 0.1) is 15.8 Å². The van der Waals surface area contributed by atoms with Crippen LogP contribution in [-0.2, 0) is 0 Å². The minimum Gasteiger partial charge on any atom is -0.205 e. The van der Waals surface area contributed by atoms with Gasteiger partial charge < -0.3 is 0 Å². The highest BCUT2D eigenvalue weighted by Gasteiger charge is 2.16. The topological polar surface area (TPSA) is 47.6 Å². The van der Waals surface area contributed by atoms with Crippen molar-refractivity contribution in [3.63, 3.8) is 0 Å². The Bertz CT molecular complexity index is 865. The van der Waals surface area contributed by atoms with Crippen LogP contribution in [0.2, 0.25) is 0 Å². The number of thiophene rings is 1. The van der Waals surface area contributed by atoms with E-state index in [0.717, 1.165) is 10.1 Å². The Morgan fingerprint density at radius 3 is 2.50 bits per heavy atom. The van der Waals surface area contributed by atoms with Crippen LogP contribution in [0.5, 0.6) is 0 Å². The molecule has 0 bridgehead atoms. The zero-order valence-electron chi connectivity index (χ0n) is 9.07. The average molecular weight is 252 g/mol. The van der Waals surface area contributed by atoms with E-state index in [1.165, 1.54) is 17.4 Å². The number of rotatable bonds is 0. The van der Waals surface area contributed by atoms with E-state index in [-0.39, 0.29) is 5.56 Å². The van der Waals surface area contributed by atoms with E-state index in [4.69, 9.17) is 10.5 Å². The predicted molar refractivity (Wildman–Crippen MR) is 68.7 cm³/mol. The number of halogens is 1. The van der Waals surface area contributed by atoms with Crippen LogP contribution in [0.15, 0.2) is 30.3 Å². The molecule has 2 nitrogen and oxygen atoms in total. The van der Waals surface area contributed by atoms with Crippen molar-refractivity contribution >= 4 is 31.5 Å². The van der Waals surface area contributed by atoms with Gasteiger partial charge >= 0.3 is 0 Å². The first kappa shape index (κ1) is 10.7. The van der Waals surface area contributed by atoms with E-state index in [0.29, 0.717) is 15.6 Å². The lowest BCUT2D eigenvalue weighted by molar-refractivity contribution is 0.637. The summed E-state index contributed by atoms with van der Waals surface area (Å²) in [7, 11) is 0. The first-order valence-corrected chi connectivity index (χ1v) is 6.02. The third-order valence-corrected chi connectivity index (χ3v) is 4.03. The Labute approximate surface area is 106 Å². The maximum absolute atomic E-state index is 14.2. The third kappa shape index (κ3) is 1.30. The highest BCUT2D eigenvalue weighted by atomic mass is 32.1. The Hall–Kier alpha value is -2.43. The third-order valence-electron chi connectivity index (χ3n) is 2.83. The normalized spacial score (nSPS) is 10.4. The molecule has 3 rings (SSSR count). The van der Waals surface area contributed by atoms with Crippen molar-refractivity contribution in [3.05, 3.63) is 47.3 Å². The number of nitriles is 2. The number of fused-ring (bicyclic) bond motifs is 3. The summed E-state index contributed by atoms with van der Waals surface area (Å²) in [6, 6.07) is 12.5. The van der Waals surface area contributed by atoms with E-state index in [1.54, 1.807) is 12.1 Å². The summed E-state index contributed by atoms with van der Waals surface area (Å²) in [5, 5.41) is 19.1. The molecular formula is C14H5FN2S. The van der Waals surface area contributed by atoms with Crippen LogP contribution in [0, 0.1) is 28.5 Å². The second-order valence-corrected chi connectivity index (χ2v) is 4.86. The quantitative estimate of drug-likeness (QED) is 0.608. The second-order valence-electron chi connectivity index (χ2n) is 3.81. The number of nitrogens with zero attached hydrogens (tertiary/aromatic N) is 2. The number of hydrogen-bond donors (Lipinski definition) is 0. The molecule has 0 N–H and O–H groups in total. The van der Waals surface area contributed by atoms with Gasteiger partial charge in [0.25, 0.3) is 0 Å². The zero-order chi connectivity index (χ0) is 12.7. The second kappa shape index (κ2) is 3.80. The van der Waals surface area contributed by atoms with Crippen molar-refractivity contribution in [2.24, 2.45) is 0 Å². The molecule has 0 spiro atoms.